The van der Waals surface area contributed by atoms with Gasteiger partial charge in [0.15, 0.2) is 0 Å². The van der Waals surface area contributed by atoms with Crippen molar-refractivity contribution in [1.82, 2.24) is 10.6 Å². The molecule has 20 heavy (non-hydrogen) atoms. The third-order valence-corrected chi connectivity index (χ3v) is 4.17. The number of carbonyl (C=O) groups excluding carboxylic acids is 1. The van der Waals surface area contributed by atoms with Crippen LogP contribution in [0.5, 0.6) is 0 Å². The maximum absolute atomic E-state index is 12.6. The monoisotopic (exact) mass is 282 g/mol. The lowest BCUT2D eigenvalue weighted by atomic mass is 9.74. The molecule has 0 heterocycles. The predicted molar refractivity (Wildman–Crippen MR) is 87.7 cm³/mol. The largest absolute Gasteiger partial charge is 0.353 e. The van der Waals surface area contributed by atoms with Crippen LogP contribution in [0.15, 0.2) is 12.2 Å². The molecule has 2 N–H and O–H groups in total. The Morgan fingerprint density at radius 2 is 1.90 bits per heavy atom. The van der Waals surface area contributed by atoms with Crippen molar-refractivity contribution in [2.24, 2.45) is 11.3 Å². The molecule has 1 amide bonds. The Kier molecular flexibility index (Phi) is 8.79. The highest BCUT2D eigenvalue weighted by Crippen LogP contribution is 2.34. The van der Waals surface area contributed by atoms with Gasteiger partial charge in [-0.1, -0.05) is 32.4 Å². The lowest BCUT2D eigenvalue weighted by molar-refractivity contribution is -0.131. The van der Waals surface area contributed by atoms with Crippen molar-refractivity contribution in [2.75, 3.05) is 7.05 Å². The summed E-state index contributed by atoms with van der Waals surface area (Å²) in [6.45, 7) is 12.5. The zero-order valence-corrected chi connectivity index (χ0v) is 14.4. The second-order valence-corrected chi connectivity index (χ2v) is 6.41. The predicted octanol–water partition coefficient (Wildman–Crippen LogP) is 3.51. The molecule has 0 rings (SSSR count). The van der Waals surface area contributed by atoms with Gasteiger partial charge >= 0.3 is 0 Å². The fourth-order valence-electron chi connectivity index (χ4n) is 2.57. The Balaban J connectivity index is 5.05. The van der Waals surface area contributed by atoms with E-state index in [1.807, 2.05) is 33.9 Å². The van der Waals surface area contributed by atoms with Gasteiger partial charge in [0.1, 0.15) is 0 Å². The lowest BCUT2D eigenvalue weighted by Gasteiger charge is -2.34. The molecule has 3 unspecified atom stereocenters. The zero-order chi connectivity index (χ0) is 15.8. The van der Waals surface area contributed by atoms with Gasteiger partial charge in [0, 0.05) is 12.1 Å². The van der Waals surface area contributed by atoms with Gasteiger partial charge in [0.2, 0.25) is 5.91 Å². The standard InChI is InChI=1S/C17H34N2O/c1-8-10-11-17(6,16(20)19-13(3)4)12-15(9-2)14(5)18-7/h8,10,13-15,18H,9,11-12H2,1-7H3,(H,19,20). The first-order chi connectivity index (χ1) is 9.30. The summed E-state index contributed by atoms with van der Waals surface area (Å²) in [5, 5.41) is 6.41. The molecule has 3 heteroatoms. The van der Waals surface area contributed by atoms with Crippen LogP contribution in [0.25, 0.3) is 0 Å². The first-order valence-corrected chi connectivity index (χ1v) is 7.90. The molecule has 0 aliphatic heterocycles. The van der Waals surface area contributed by atoms with Crippen LogP contribution in [0.2, 0.25) is 0 Å². The second-order valence-electron chi connectivity index (χ2n) is 6.41. The SMILES string of the molecule is CC=CCC(C)(CC(CC)C(C)NC)C(=O)NC(C)C. The van der Waals surface area contributed by atoms with Crippen LogP contribution in [-0.2, 0) is 4.79 Å². The minimum absolute atomic E-state index is 0.173. The third-order valence-electron chi connectivity index (χ3n) is 4.17. The van der Waals surface area contributed by atoms with Crippen LogP contribution in [0.1, 0.15) is 60.8 Å². The molecule has 3 atom stereocenters. The van der Waals surface area contributed by atoms with E-state index in [9.17, 15) is 4.79 Å². The van der Waals surface area contributed by atoms with Crippen molar-refractivity contribution in [1.29, 1.82) is 0 Å². The van der Waals surface area contributed by atoms with Crippen molar-refractivity contribution in [3.8, 4) is 0 Å². The molecule has 0 spiro atoms. The van der Waals surface area contributed by atoms with Crippen LogP contribution >= 0.6 is 0 Å². The smallest absolute Gasteiger partial charge is 0.226 e. The molecule has 0 aromatic rings. The molecule has 0 fully saturated rings. The number of allylic oxidation sites excluding steroid dienone is 2. The van der Waals surface area contributed by atoms with Gasteiger partial charge in [-0.15, -0.1) is 0 Å². The summed E-state index contributed by atoms with van der Waals surface area (Å²) in [5.41, 5.74) is -0.331. The number of nitrogens with one attached hydrogen (secondary N) is 2. The summed E-state index contributed by atoms with van der Waals surface area (Å²) in [6, 6.07) is 0.617. The maximum Gasteiger partial charge on any atom is 0.226 e. The Hall–Kier alpha value is -0.830. The third kappa shape index (κ3) is 6.08. The fraction of sp³-hybridized carbons (Fsp3) is 0.824. The summed E-state index contributed by atoms with van der Waals surface area (Å²) in [6.07, 6.45) is 6.94. The number of rotatable bonds is 9. The first-order valence-electron chi connectivity index (χ1n) is 7.90. The van der Waals surface area contributed by atoms with Gasteiger partial charge in [0.05, 0.1) is 5.41 Å². The Morgan fingerprint density at radius 3 is 2.30 bits per heavy atom. The quantitative estimate of drug-likeness (QED) is 0.635. The van der Waals surface area contributed by atoms with Crippen LogP contribution < -0.4 is 10.6 Å². The van der Waals surface area contributed by atoms with Gasteiger partial charge < -0.3 is 10.6 Å². The van der Waals surface area contributed by atoms with Crippen molar-refractivity contribution >= 4 is 5.91 Å². The minimum atomic E-state index is -0.331. The summed E-state index contributed by atoms with van der Waals surface area (Å²) in [5.74, 6) is 0.681. The normalized spacial score (nSPS) is 18.0. The second kappa shape index (κ2) is 9.17. The van der Waals surface area contributed by atoms with E-state index in [1.165, 1.54) is 0 Å². The molecule has 0 aliphatic rings. The average Bonchev–Trinajstić information content (AvgIpc) is 2.40. The van der Waals surface area contributed by atoms with Crippen LogP contribution in [0, 0.1) is 11.3 Å². The average molecular weight is 282 g/mol. The fourth-order valence-corrected chi connectivity index (χ4v) is 2.57. The van der Waals surface area contributed by atoms with Gasteiger partial charge in [-0.2, -0.15) is 0 Å². The molecule has 0 saturated heterocycles. The molecular weight excluding hydrogens is 248 g/mol. The van der Waals surface area contributed by atoms with Crippen molar-refractivity contribution < 1.29 is 4.79 Å². The highest BCUT2D eigenvalue weighted by atomic mass is 16.2. The molecule has 0 aromatic heterocycles. The van der Waals surface area contributed by atoms with E-state index in [2.05, 4.69) is 37.5 Å². The molecule has 0 aromatic carbocycles. The van der Waals surface area contributed by atoms with Crippen molar-refractivity contribution in [2.45, 2.75) is 72.9 Å². The zero-order valence-electron chi connectivity index (χ0n) is 14.4. The van der Waals surface area contributed by atoms with Crippen molar-refractivity contribution in [3.63, 3.8) is 0 Å². The van der Waals surface area contributed by atoms with Gasteiger partial charge in [-0.3, -0.25) is 4.79 Å². The lowest BCUT2D eigenvalue weighted by Crippen LogP contribution is -2.45. The molecule has 0 radical (unpaired) electrons. The highest BCUT2D eigenvalue weighted by Gasteiger charge is 2.35. The topological polar surface area (TPSA) is 41.1 Å². The van der Waals surface area contributed by atoms with Crippen LogP contribution in [0.3, 0.4) is 0 Å². The van der Waals surface area contributed by atoms with Gasteiger partial charge in [0.25, 0.3) is 0 Å². The number of carbonyl (C=O) groups is 1. The molecule has 0 aliphatic carbocycles. The van der Waals surface area contributed by atoms with E-state index in [0.29, 0.717) is 12.0 Å². The van der Waals surface area contributed by atoms with Crippen LogP contribution in [-0.4, -0.2) is 25.0 Å². The first kappa shape index (κ1) is 19.2. The van der Waals surface area contributed by atoms with E-state index in [4.69, 9.17) is 0 Å². The number of hydrogen-bond acceptors (Lipinski definition) is 2. The van der Waals surface area contributed by atoms with Crippen molar-refractivity contribution in [3.05, 3.63) is 12.2 Å². The Morgan fingerprint density at radius 1 is 1.30 bits per heavy atom. The van der Waals surface area contributed by atoms with E-state index in [1.54, 1.807) is 0 Å². The van der Waals surface area contributed by atoms with Gasteiger partial charge in [-0.05, 0) is 53.5 Å². The van der Waals surface area contributed by atoms with E-state index < -0.39 is 0 Å². The van der Waals surface area contributed by atoms with E-state index in [-0.39, 0.29) is 17.4 Å². The molecule has 3 nitrogen and oxygen atoms in total. The summed E-state index contributed by atoms with van der Waals surface area (Å²) in [4.78, 5) is 12.6. The summed E-state index contributed by atoms with van der Waals surface area (Å²) < 4.78 is 0. The summed E-state index contributed by atoms with van der Waals surface area (Å²) in [7, 11) is 1.99. The minimum Gasteiger partial charge on any atom is -0.353 e. The van der Waals surface area contributed by atoms with Gasteiger partial charge in [-0.25, -0.2) is 0 Å². The number of hydrogen-bond donors (Lipinski definition) is 2. The molecular formula is C17H34N2O. The Bertz CT molecular complexity index is 312. The van der Waals surface area contributed by atoms with E-state index >= 15 is 0 Å². The summed E-state index contributed by atoms with van der Waals surface area (Å²) >= 11 is 0. The molecule has 118 valence electrons. The number of amides is 1. The highest BCUT2D eigenvalue weighted by molar-refractivity contribution is 5.82. The molecule has 0 bridgehead atoms. The maximum atomic E-state index is 12.6. The Labute approximate surface area is 125 Å². The van der Waals surface area contributed by atoms with Crippen LogP contribution in [0.4, 0.5) is 0 Å². The molecule has 0 saturated carbocycles. The van der Waals surface area contributed by atoms with E-state index in [0.717, 1.165) is 19.3 Å².